The zero-order valence-corrected chi connectivity index (χ0v) is 28.3. The highest BCUT2D eigenvalue weighted by atomic mass is 32.2. The van der Waals surface area contributed by atoms with Crippen molar-refractivity contribution in [2.45, 2.75) is 23.4 Å². The zero-order valence-electron chi connectivity index (χ0n) is 26.7. The van der Waals surface area contributed by atoms with Gasteiger partial charge in [0.1, 0.15) is 11.5 Å². The quantitative estimate of drug-likeness (QED) is 0.172. The summed E-state index contributed by atoms with van der Waals surface area (Å²) < 4.78 is 78.5. The van der Waals surface area contributed by atoms with Gasteiger partial charge in [-0.25, -0.2) is 8.37 Å². The van der Waals surface area contributed by atoms with E-state index in [1.165, 1.54) is 0 Å². The van der Waals surface area contributed by atoms with Crippen LogP contribution in [0.5, 0.6) is 11.5 Å². The Hall–Kier alpha value is -5.50. The molecule has 5 aromatic carbocycles. The van der Waals surface area contributed by atoms with Crippen molar-refractivity contribution in [1.82, 2.24) is 0 Å². The van der Waals surface area contributed by atoms with Gasteiger partial charge in [0.25, 0.3) is 20.2 Å². The lowest BCUT2D eigenvalue weighted by Gasteiger charge is -2.35. The summed E-state index contributed by atoms with van der Waals surface area (Å²) in [5, 5.41) is 18.9. The van der Waals surface area contributed by atoms with E-state index in [0.29, 0.717) is 33.4 Å². The monoisotopic (exact) mass is 704 g/mol. The lowest BCUT2D eigenvalue weighted by molar-refractivity contribution is 0.0165. The largest absolute Gasteiger partial charge is 0.481 e. The molecule has 2 aliphatic heterocycles. The first-order chi connectivity index (χ1) is 23.9. The number of fused-ring (bicyclic) bond motifs is 2. The van der Waals surface area contributed by atoms with Crippen molar-refractivity contribution < 1.29 is 34.7 Å². The Labute approximate surface area is 289 Å². The third-order valence-corrected chi connectivity index (χ3v) is 9.90. The summed E-state index contributed by atoms with van der Waals surface area (Å²) in [7, 11) is -8.42. The number of hydrogen-bond donors (Lipinski definition) is 0. The first kappa shape index (κ1) is 33.0. The average Bonchev–Trinajstić information content (AvgIpc) is 3.59. The molecule has 0 fully saturated rings. The SMILES string of the molecule is CS(=O)(=O)OC1(c2ccccc2)c2cc3c(cc2OC1c1ccc(C#N)cc1)OC(c1ccc(C#N)cc1)C3(OS(C)(=O)=O)c1ccccc1. The number of hydrogen-bond acceptors (Lipinski definition) is 10. The minimum Gasteiger partial charge on any atom is -0.481 e. The number of ether oxygens (including phenoxy) is 2. The lowest BCUT2D eigenvalue weighted by atomic mass is 9.76. The fourth-order valence-electron chi connectivity index (χ4n) is 6.85. The van der Waals surface area contributed by atoms with Crippen LogP contribution >= 0.6 is 0 Å². The van der Waals surface area contributed by atoms with E-state index in [0.717, 1.165) is 12.5 Å². The van der Waals surface area contributed by atoms with Crippen LogP contribution in [0.2, 0.25) is 0 Å². The molecular formula is C38H28N2O8S2. The highest BCUT2D eigenvalue weighted by Gasteiger charge is 2.60. The Morgan fingerprint density at radius 1 is 0.560 bits per heavy atom. The minimum atomic E-state index is -4.21. The number of benzene rings is 5. The first-order valence-corrected chi connectivity index (χ1v) is 19.0. The van der Waals surface area contributed by atoms with Crippen molar-refractivity contribution in [2.24, 2.45) is 0 Å². The van der Waals surface area contributed by atoms with Crippen molar-refractivity contribution in [1.29, 1.82) is 10.5 Å². The van der Waals surface area contributed by atoms with E-state index in [2.05, 4.69) is 12.1 Å². The van der Waals surface area contributed by atoms with Crippen molar-refractivity contribution in [3.63, 3.8) is 0 Å². The molecule has 50 heavy (non-hydrogen) atoms. The van der Waals surface area contributed by atoms with Gasteiger partial charge in [0, 0.05) is 17.2 Å². The Morgan fingerprint density at radius 2 is 0.920 bits per heavy atom. The highest BCUT2D eigenvalue weighted by molar-refractivity contribution is 7.86. The fraction of sp³-hybridized carbons (Fsp3) is 0.158. The first-order valence-electron chi connectivity index (χ1n) is 15.3. The second-order valence-electron chi connectivity index (χ2n) is 12.1. The van der Waals surface area contributed by atoms with E-state index in [4.69, 9.17) is 17.8 Å². The maximum atomic E-state index is 13.2. The predicted molar refractivity (Wildman–Crippen MR) is 182 cm³/mol. The van der Waals surface area contributed by atoms with Crippen LogP contribution < -0.4 is 9.47 Å². The third-order valence-electron chi connectivity index (χ3n) is 8.77. The van der Waals surface area contributed by atoms with Gasteiger partial charge in [-0.2, -0.15) is 27.4 Å². The van der Waals surface area contributed by atoms with Gasteiger partial charge in [0.05, 0.1) is 35.8 Å². The summed E-state index contributed by atoms with van der Waals surface area (Å²) in [5.74, 6) is 0.458. The summed E-state index contributed by atoms with van der Waals surface area (Å²) >= 11 is 0. The average molecular weight is 705 g/mol. The van der Waals surface area contributed by atoms with E-state index < -0.39 is 43.6 Å². The van der Waals surface area contributed by atoms with Crippen LogP contribution in [0, 0.1) is 22.7 Å². The smallest absolute Gasteiger partial charge is 0.265 e. The predicted octanol–water partition coefficient (Wildman–Crippen LogP) is 6.14. The molecule has 0 aromatic heterocycles. The van der Waals surface area contributed by atoms with E-state index >= 15 is 0 Å². The molecule has 7 rings (SSSR count). The second-order valence-corrected chi connectivity index (χ2v) is 15.2. The molecule has 0 aliphatic carbocycles. The van der Waals surface area contributed by atoms with E-state index in [1.54, 1.807) is 121 Å². The van der Waals surface area contributed by atoms with Crippen LogP contribution in [0.3, 0.4) is 0 Å². The standard InChI is InChI=1S/C38H28N2O8S2/c1-49(41,42)47-37(29-9-5-3-6-10-29)31-21-32-34(22-33(31)45-35(37)27-17-13-25(23-39)14-18-27)46-36(28-19-15-26(24-40)16-20-28)38(32,48-50(2,43)44)30-11-7-4-8-12-30/h3-22,35-36H,1-2H3. The van der Waals surface area contributed by atoms with E-state index in [9.17, 15) is 27.4 Å². The van der Waals surface area contributed by atoms with Gasteiger partial charge in [-0.15, -0.1) is 0 Å². The highest BCUT2D eigenvalue weighted by Crippen LogP contribution is 2.62. The lowest BCUT2D eigenvalue weighted by Crippen LogP contribution is -2.39. The van der Waals surface area contributed by atoms with Gasteiger partial charge in [0.2, 0.25) is 0 Å². The molecule has 4 unspecified atom stereocenters. The van der Waals surface area contributed by atoms with Gasteiger partial charge in [-0.05, 0) is 52.6 Å². The molecule has 0 amide bonds. The molecule has 0 saturated heterocycles. The molecule has 0 N–H and O–H groups in total. The molecule has 0 spiro atoms. The van der Waals surface area contributed by atoms with Gasteiger partial charge in [-0.1, -0.05) is 84.9 Å². The topological polar surface area (TPSA) is 153 Å². The summed E-state index contributed by atoms with van der Waals surface area (Å²) in [6.07, 6.45) is -0.268. The molecular weight excluding hydrogens is 677 g/mol. The van der Waals surface area contributed by atoms with Gasteiger partial charge in [0.15, 0.2) is 23.4 Å². The summed E-state index contributed by atoms with van der Waals surface area (Å²) in [6, 6.07) is 37.9. The Bertz CT molecular complexity index is 2240. The summed E-state index contributed by atoms with van der Waals surface area (Å²) in [4.78, 5) is 0. The molecule has 250 valence electrons. The maximum Gasteiger partial charge on any atom is 0.265 e. The van der Waals surface area contributed by atoms with Crippen molar-refractivity contribution in [3.05, 3.63) is 166 Å². The number of rotatable bonds is 8. The molecule has 10 nitrogen and oxygen atoms in total. The normalized spacial score (nSPS) is 22.3. The summed E-state index contributed by atoms with van der Waals surface area (Å²) in [6.45, 7) is 0. The molecule has 0 saturated carbocycles. The molecule has 4 atom stereocenters. The fourth-order valence-corrected chi connectivity index (χ4v) is 8.35. The molecule has 5 aromatic rings. The Kier molecular flexibility index (Phi) is 8.01. The van der Waals surface area contributed by atoms with Crippen LogP contribution in [-0.2, 0) is 39.8 Å². The molecule has 0 bridgehead atoms. The van der Waals surface area contributed by atoms with Gasteiger partial charge < -0.3 is 9.47 Å². The summed E-state index contributed by atoms with van der Waals surface area (Å²) in [5.41, 5.74) is -0.383. The van der Waals surface area contributed by atoms with Crippen LogP contribution in [-0.4, -0.2) is 29.3 Å². The van der Waals surface area contributed by atoms with Crippen LogP contribution in [0.25, 0.3) is 0 Å². The Balaban J connectivity index is 1.55. The van der Waals surface area contributed by atoms with Crippen molar-refractivity contribution >= 4 is 20.2 Å². The van der Waals surface area contributed by atoms with Gasteiger partial charge >= 0.3 is 0 Å². The van der Waals surface area contributed by atoms with Crippen LogP contribution in [0.4, 0.5) is 0 Å². The van der Waals surface area contributed by atoms with E-state index in [-0.39, 0.29) is 22.6 Å². The molecule has 12 heteroatoms. The van der Waals surface area contributed by atoms with Crippen molar-refractivity contribution in [3.8, 4) is 23.6 Å². The molecule has 2 heterocycles. The molecule has 2 aliphatic rings. The molecule has 0 radical (unpaired) electrons. The van der Waals surface area contributed by atoms with Crippen LogP contribution in [0.1, 0.15) is 56.7 Å². The Morgan fingerprint density at radius 3 is 1.24 bits per heavy atom. The number of nitrogens with zero attached hydrogens (tertiary/aromatic N) is 2. The number of nitriles is 2. The van der Waals surface area contributed by atoms with Gasteiger partial charge in [-0.3, -0.25) is 0 Å². The minimum absolute atomic E-state index is 0.229. The third kappa shape index (κ3) is 5.58. The zero-order chi connectivity index (χ0) is 35.3. The second kappa shape index (κ2) is 12.1. The van der Waals surface area contributed by atoms with E-state index in [1.807, 2.05) is 0 Å². The van der Waals surface area contributed by atoms with Crippen LogP contribution in [0.15, 0.2) is 121 Å². The maximum absolute atomic E-state index is 13.2. The van der Waals surface area contributed by atoms with Crippen molar-refractivity contribution in [2.75, 3.05) is 12.5 Å².